The number of benzene rings is 3. The zero-order chi connectivity index (χ0) is 18.2. The number of anilines is 1. The molecule has 0 heterocycles. The Bertz CT molecular complexity index is 903. The molecule has 0 aliphatic heterocycles. The van der Waals surface area contributed by atoms with E-state index < -0.39 is 0 Å². The topological polar surface area (TPSA) is 53.5 Å². The molecule has 4 heteroatoms. The van der Waals surface area contributed by atoms with E-state index in [1.165, 1.54) is 10.9 Å². The molecule has 4 nitrogen and oxygen atoms in total. The average molecular weight is 345 g/mol. The summed E-state index contributed by atoms with van der Waals surface area (Å²) in [6.45, 7) is 2.23. The van der Waals surface area contributed by atoms with Crippen LogP contribution in [0.15, 0.2) is 77.9 Å². The first-order valence-corrected chi connectivity index (χ1v) is 8.85. The minimum Gasteiger partial charge on any atom is -0.376 e. The van der Waals surface area contributed by atoms with E-state index in [1.54, 1.807) is 0 Å². The summed E-state index contributed by atoms with van der Waals surface area (Å²) in [5, 5.41) is 9.75. The molecule has 0 radical (unpaired) electrons. The summed E-state index contributed by atoms with van der Waals surface area (Å²) < 4.78 is 0. The Morgan fingerprint density at radius 3 is 2.42 bits per heavy atom. The fourth-order valence-corrected chi connectivity index (χ4v) is 2.74. The molecule has 0 aliphatic carbocycles. The van der Waals surface area contributed by atoms with Gasteiger partial charge >= 0.3 is 0 Å². The second-order valence-corrected chi connectivity index (χ2v) is 6.14. The Morgan fingerprint density at radius 1 is 0.923 bits per heavy atom. The predicted molar refractivity (Wildman–Crippen MR) is 108 cm³/mol. The van der Waals surface area contributed by atoms with Crippen molar-refractivity contribution in [1.82, 2.24) is 5.43 Å². The minimum absolute atomic E-state index is 0.155. The van der Waals surface area contributed by atoms with Gasteiger partial charge in [-0.3, -0.25) is 4.79 Å². The van der Waals surface area contributed by atoms with Gasteiger partial charge in [-0.1, -0.05) is 67.6 Å². The number of carbonyl (C=O) groups is 1. The number of hydrogen-bond acceptors (Lipinski definition) is 3. The van der Waals surface area contributed by atoms with Crippen LogP contribution in [0.4, 0.5) is 5.69 Å². The summed E-state index contributed by atoms with van der Waals surface area (Å²) >= 11 is 0. The molecule has 3 rings (SSSR count). The first-order valence-electron chi connectivity index (χ1n) is 8.85. The van der Waals surface area contributed by atoms with E-state index in [2.05, 4.69) is 40.1 Å². The highest BCUT2D eigenvalue weighted by atomic mass is 16.2. The van der Waals surface area contributed by atoms with Crippen LogP contribution in [0, 0.1) is 0 Å². The number of amides is 1. The van der Waals surface area contributed by atoms with Crippen molar-refractivity contribution in [2.24, 2.45) is 5.10 Å². The summed E-state index contributed by atoms with van der Waals surface area (Å²) in [7, 11) is 0. The Balaban J connectivity index is 1.53. The molecule has 0 bridgehead atoms. The number of nitrogens with zero attached hydrogens (tertiary/aromatic N) is 1. The molecular weight excluding hydrogens is 322 g/mol. The van der Waals surface area contributed by atoms with E-state index in [-0.39, 0.29) is 12.5 Å². The quantitative estimate of drug-likeness (QED) is 0.493. The number of hydrazone groups is 1. The van der Waals surface area contributed by atoms with E-state index in [0.717, 1.165) is 29.6 Å². The van der Waals surface area contributed by atoms with Crippen LogP contribution >= 0.6 is 0 Å². The van der Waals surface area contributed by atoms with E-state index >= 15 is 0 Å². The van der Waals surface area contributed by atoms with Crippen molar-refractivity contribution >= 4 is 28.1 Å². The number of carbonyl (C=O) groups excluding carboxylic acids is 1. The number of hydrogen-bond donors (Lipinski definition) is 2. The zero-order valence-corrected chi connectivity index (χ0v) is 14.9. The van der Waals surface area contributed by atoms with Gasteiger partial charge in [0.05, 0.1) is 6.54 Å². The van der Waals surface area contributed by atoms with Gasteiger partial charge in [-0.2, -0.15) is 5.10 Å². The predicted octanol–water partition coefficient (Wildman–Crippen LogP) is 4.38. The molecule has 0 fully saturated rings. The van der Waals surface area contributed by atoms with Crippen molar-refractivity contribution < 1.29 is 4.79 Å². The van der Waals surface area contributed by atoms with Gasteiger partial charge in [-0.15, -0.1) is 0 Å². The van der Waals surface area contributed by atoms with Gasteiger partial charge in [0.1, 0.15) is 0 Å². The zero-order valence-electron chi connectivity index (χ0n) is 14.9. The SMILES string of the molecule is CC/C(Cc1ccccc1)=N\NC(=O)CNc1ccc2ccccc2c1. The van der Waals surface area contributed by atoms with Gasteiger partial charge in [0.2, 0.25) is 0 Å². The maximum atomic E-state index is 12.1. The molecule has 0 spiro atoms. The van der Waals surface area contributed by atoms with Gasteiger partial charge in [0.15, 0.2) is 0 Å². The second kappa shape index (κ2) is 8.81. The largest absolute Gasteiger partial charge is 0.376 e. The Kier molecular flexibility index (Phi) is 5.99. The van der Waals surface area contributed by atoms with Crippen molar-refractivity contribution in [3.63, 3.8) is 0 Å². The summed E-state index contributed by atoms with van der Waals surface area (Å²) in [6, 6.07) is 24.3. The first-order chi connectivity index (χ1) is 12.7. The third kappa shape index (κ3) is 4.93. The Morgan fingerprint density at radius 2 is 1.65 bits per heavy atom. The summed E-state index contributed by atoms with van der Waals surface area (Å²) in [5.41, 5.74) is 5.71. The molecular formula is C22H23N3O. The molecule has 0 saturated carbocycles. The molecule has 0 aromatic heterocycles. The van der Waals surface area contributed by atoms with Crippen molar-refractivity contribution in [2.75, 3.05) is 11.9 Å². The van der Waals surface area contributed by atoms with Crippen LogP contribution in [0.25, 0.3) is 10.8 Å². The average Bonchev–Trinajstić information content (AvgIpc) is 2.70. The molecule has 1 amide bonds. The van der Waals surface area contributed by atoms with Crippen molar-refractivity contribution in [3.05, 3.63) is 78.4 Å². The van der Waals surface area contributed by atoms with Crippen LogP contribution in [0.1, 0.15) is 18.9 Å². The lowest BCUT2D eigenvalue weighted by molar-refractivity contribution is -0.119. The summed E-state index contributed by atoms with van der Waals surface area (Å²) in [6.07, 6.45) is 1.54. The third-order valence-corrected chi connectivity index (χ3v) is 4.20. The standard InChI is InChI=1S/C22H23N3O/c1-2-20(14-17-8-4-3-5-9-17)24-25-22(26)16-23-21-13-12-18-10-6-7-11-19(18)15-21/h3-13,15,23H,2,14,16H2,1H3,(H,25,26)/b24-20+. The van der Waals surface area contributed by atoms with Gasteiger partial charge in [0.25, 0.3) is 5.91 Å². The fraction of sp³-hybridized carbons (Fsp3) is 0.182. The Hall–Kier alpha value is -3.14. The molecule has 0 unspecified atom stereocenters. The minimum atomic E-state index is -0.155. The second-order valence-electron chi connectivity index (χ2n) is 6.14. The van der Waals surface area contributed by atoms with E-state index in [9.17, 15) is 4.79 Å². The highest BCUT2D eigenvalue weighted by molar-refractivity contribution is 5.89. The molecule has 0 aliphatic rings. The molecule has 3 aromatic rings. The summed E-state index contributed by atoms with van der Waals surface area (Å²) in [5.74, 6) is -0.155. The number of fused-ring (bicyclic) bond motifs is 1. The van der Waals surface area contributed by atoms with Gasteiger partial charge < -0.3 is 5.32 Å². The maximum absolute atomic E-state index is 12.1. The lowest BCUT2D eigenvalue weighted by atomic mass is 10.1. The van der Waals surface area contributed by atoms with Crippen LogP contribution < -0.4 is 10.7 Å². The van der Waals surface area contributed by atoms with Crippen molar-refractivity contribution in [3.8, 4) is 0 Å². The van der Waals surface area contributed by atoms with Gasteiger partial charge in [0, 0.05) is 17.8 Å². The molecule has 0 saturated heterocycles. The monoisotopic (exact) mass is 345 g/mol. The van der Waals surface area contributed by atoms with Gasteiger partial charge in [-0.05, 0) is 34.9 Å². The fourth-order valence-electron chi connectivity index (χ4n) is 2.74. The van der Waals surface area contributed by atoms with Crippen molar-refractivity contribution in [1.29, 1.82) is 0 Å². The van der Waals surface area contributed by atoms with Crippen LogP contribution in [0.3, 0.4) is 0 Å². The lowest BCUT2D eigenvalue weighted by Gasteiger charge is -2.08. The molecule has 2 N–H and O–H groups in total. The van der Waals surface area contributed by atoms with Crippen molar-refractivity contribution in [2.45, 2.75) is 19.8 Å². The molecule has 0 atom stereocenters. The van der Waals surface area contributed by atoms with Crippen LogP contribution in [-0.4, -0.2) is 18.2 Å². The Labute approximate surface area is 153 Å². The summed E-state index contributed by atoms with van der Waals surface area (Å²) in [4.78, 5) is 12.1. The van der Waals surface area contributed by atoms with Crippen LogP contribution in [0.5, 0.6) is 0 Å². The van der Waals surface area contributed by atoms with Crippen LogP contribution in [0.2, 0.25) is 0 Å². The molecule has 132 valence electrons. The third-order valence-electron chi connectivity index (χ3n) is 4.20. The van der Waals surface area contributed by atoms with E-state index in [4.69, 9.17) is 0 Å². The molecule has 3 aromatic carbocycles. The van der Waals surface area contributed by atoms with Crippen LogP contribution in [-0.2, 0) is 11.2 Å². The smallest absolute Gasteiger partial charge is 0.259 e. The van der Waals surface area contributed by atoms with E-state index in [1.807, 2.05) is 55.5 Å². The lowest BCUT2D eigenvalue weighted by Crippen LogP contribution is -2.27. The first kappa shape index (κ1) is 17.7. The highest BCUT2D eigenvalue weighted by Crippen LogP contribution is 2.18. The number of nitrogens with one attached hydrogen (secondary N) is 2. The molecule has 26 heavy (non-hydrogen) atoms. The normalized spacial score (nSPS) is 11.3. The highest BCUT2D eigenvalue weighted by Gasteiger charge is 2.03. The number of rotatable bonds is 7. The maximum Gasteiger partial charge on any atom is 0.259 e. The van der Waals surface area contributed by atoms with E-state index in [0.29, 0.717) is 0 Å². The van der Waals surface area contributed by atoms with Gasteiger partial charge in [-0.25, -0.2) is 5.43 Å².